The van der Waals surface area contributed by atoms with Gasteiger partial charge in [0.05, 0.1) is 33.0 Å². The Hall–Kier alpha value is -7.64. The number of rotatable bonds is 38. The van der Waals surface area contributed by atoms with Crippen LogP contribution in [-0.4, -0.2) is 64.8 Å². The maximum atomic E-state index is 6.17. The highest BCUT2D eigenvalue weighted by molar-refractivity contribution is 5.33. The minimum absolute atomic E-state index is 0.0318. The third-order valence-electron chi connectivity index (χ3n) is 22.7. The largest absolute Gasteiger partial charge is 0.491 e. The monoisotopic (exact) mass is 1570 g/mol. The van der Waals surface area contributed by atoms with Gasteiger partial charge in [0.15, 0.2) is 18.9 Å². The minimum atomic E-state index is -0.336. The number of aryl methyl sites for hydroxylation is 5. The maximum absolute atomic E-state index is 6.17. The van der Waals surface area contributed by atoms with E-state index in [1.807, 2.05) is 106 Å². The van der Waals surface area contributed by atoms with E-state index in [4.69, 9.17) is 52.1 Å². The van der Waals surface area contributed by atoms with Crippen LogP contribution in [0.3, 0.4) is 0 Å². The fraction of sp³-hybridized carbons (Fsp3) is 0.538. The van der Waals surface area contributed by atoms with Gasteiger partial charge in [-0.2, -0.15) is 0 Å². The van der Waals surface area contributed by atoms with Crippen LogP contribution >= 0.6 is 0 Å². The molecule has 4 saturated carbocycles. The third kappa shape index (κ3) is 37.7. The van der Waals surface area contributed by atoms with Crippen LogP contribution in [0.4, 0.5) is 0 Å². The molecule has 8 aromatic rings. The lowest BCUT2D eigenvalue weighted by molar-refractivity contribution is -0.143. The second kappa shape index (κ2) is 54.4. The zero-order chi connectivity index (χ0) is 81.3. The van der Waals surface area contributed by atoms with Gasteiger partial charge in [-0.25, -0.2) is 0 Å². The predicted molar refractivity (Wildman–Crippen MR) is 474 cm³/mol. The molecule has 8 aromatic carbocycles. The molecular weight excluding hydrogens is 1430 g/mol. The summed E-state index contributed by atoms with van der Waals surface area (Å²) in [5, 5.41) is 0. The molecule has 0 heterocycles. The van der Waals surface area contributed by atoms with Gasteiger partial charge in [0.2, 0.25) is 12.6 Å². The summed E-state index contributed by atoms with van der Waals surface area (Å²) in [5.41, 5.74) is 10.4. The first-order valence-corrected chi connectivity index (χ1v) is 44.8. The van der Waals surface area contributed by atoms with Gasteiger partial charge in [0.1, 0.15) is 41.1 Å². The van der Waals surface area contributed by atoms with Gasteiger partial charge in [-0.15, -0.1) is 0 Å². The van der Waals surface area contributed by atoms with E-state index < -0.39 is 0 Å². The zero-order valence-corrected chi connectivity index (χ0v) is 72.6. The van der Waals surface area contributed by atoms with Crippen LogP contribution in [0.5, 0.6) is 34.5 Å². The number of hydrogen-bond donors (Lipinski definition) is 0. The highest BCUT2D eigenvalue weighted by Gasteiger charge is 2.29. The number of benzene rings is 8. The maximum Gasteiger partial charge on any atom is 0.226 e. The van der Waals surface area contributed by atoms with Crippen LogP contribution in [-0.2, 0) is 62.2 Å². The van der Waals surface area contributed by atoms with Gasteiger partial charge < -0.3 is 52.1 Å². The van der Waals surface area contributed by atoms with Crippen molar-refractivity contribution < 1.29 is 52.1 Å². The molecule has 0 N–H and O–H groups in total. The van der Waals surface area contributed by atoms with Gasteiger partial charge in [-0.05, 0) is 227 Å². The standard InChI is InChI=1S/C24H32O3.C23H30O2.C21H34O2.C18H28O2.C18H22O2/c1-3-20-9-13-24(14-10-20)27-19(2)25-17-18-26-23-15-11-22(12-16-23)21-7-5-4-6-8-21;1-2-19-13-15-22(16-14-19)25-23(21-11-7-4-8-12-21)24-18-17-20-9-5-3-6-10-20;1-5-17-11-13-19(14-12-17)23-20(21(2,3)4)22-16-15-18-9-7-6-8-10-18;2*1-3-16-9-11-18(12-10-16)20-15(2)19-14-13-17-7-5-4-6-8-17/h9-16,19,21H,3-8,17-18H2,1-2H3;4,7-8,11-16,20,23H,2-3,5-6,9-10,17-18H2,1H3;11-14,18,20H,5-10,15-16H2,1-4H3;9-12,15,17H,3-8,13-14H2,1-2H3;4-12,15H,3,13-14H2,1-2H3. The molecule has 4 aliphatic rings. The van der Waals surface area contributed by atoms with Gasteiger partial charge in [0, 0.05) is 11.0 Å². The topological polar surface area (TPSA) is 102 Å². The molecule has 0 spiro atoms. The van der Waals surface area contributed by atoms with E-state index in [1.54, 1.807) is 0 Å². The molecule has 0 radical (unpaired) electrons. The Kier molecular flexibility index (Phi) is 43.9. The van der Waals surface area contributed by atoms with Crippen molar-refractivity contribution in [1.29, 1.82) is 0 Å². The Labute approximate surface area is 696 Å². The van der Waals surface area contributed by atoms with E-state index in [0.717, 1.165) is 128 Å². The Balaban J connectivity index is 0.000000181. The molecule has 0 aliphatic heterocycles. The number of ether oxygens (including phenoxy) is 11. The molecule has 0 aromatic heterocycles. The average molecular weight is 1570 g/mol. The SMILES string of the molecule is CCc1ccc(OC(C)OCCC2CCCCC2)cc1.CCc1ccc(OC(C)OCCOc2ccc(C3CCCCC3)cc2)cc1.CCc1ccc(OC(C)OCCc2ccccc2)cc1.CCc1ccc(OC(OCCC2CCCCC2)C(C)(C)C)cc1.CCc1ccc(OC(OCCC2CCCCC2)c2ccccc2)cc1. The summed E-state index contributed by atoms with van der Waals surface area (Å²) in [6, 6.07) is 70.5. The first-order valence-electron chi connectivity index (χ1n) is 44.8. The van der Waals surface area contributed by atoms with Gasteiger partial charge in [-0.3, -0.25) is 0 Å². The fourth-order valence-electron chi connectivity index (χ4n) is 15.4. The van der Waals surface area contributed by atoms with Crippen LogP contribution in [0.2, 0.25) is 0 Å². The molecule has 0 bridgehead atoms. The second-order valence-corrected chi connectivity index (χ2v) is 32.9. The van der Waals surface area contributed by atoms with Crippen molar-refractivity contribution in [2.45, 2.75) is 300 Å². The highest BCUT2D eigenvalue weighted by Crippen LogP contribution is 2.35. The fourth-order valence-corrected chi connectivity index (χ4v) is 15.4. The molecule has 0 saturated heterocycles. The van der Waals surface area contributed by atoms with E-state index in [1.165, 1.54) is 180 Å². The Morgan fingerprint density at radius 3 is 0.991 bits per heavy atom. The van der Waals surface area contributed by atoms with Crippen molar-refractivity contribution in [2.24, 2.45) is 23.2 Å². The predicted octanol–water partition coefficient (Wildman–Crippen LogP) is 27.6. The molecule has 4 fully saturated rings. The molecule has 12 rings (SSSR count). The van der Waals surface area contributed by atoms with E-state index in [2.05, 4.69) is 177 Å². The normalized spacial score (nSPS) is 16.2. The van der Waals surface area contributed by atoms with Crippen molar-refractivity contribution in [3.05, 3.63) is 251 Å². The van der Waals surface area contributed by atoms with E-state index in [9.17, 15) is 0 Å². The van der Waals surface area contributed by atoms with Crippen molar-refractivity contribution in [2.75, 3.05) is 39.6 Å². The first kappa shape index (κ1) is 92.9. The Morgan fingerprint density at radius 2 is 0.609 bits per heavy atom. The number of hydrogen-bond acceptors (Lipinski definition) is 11. The van der Waals surface area contributed by atoms with E-state index >= 15 is 0 Å². The van der Waals surface area contributed by atoms with Crippen LogP contribution in [0.25, 0.3) is 0 Å². The summed E-state index contributed by atoms with van der Waals surface area (Å²) < 4.78 is 64.9. The lowest BCUT2D eigenvalue weighted by Gasteiger charge is -2.31. The van der Waals surface area contributed by atoms with Crippen molar-refractivity contribution in [1.82, 2.24) is 0 Å². The summed E-state index contributed by atoms with van der Waals surface area (Å²) >= 11 is 0. The van der Waals surface area contributed by atoms with Crippen molar-refractivity contribution in [3.8, 4) is 34.5 Å². The van der Waals surface area contributed by atoms with E-state index in [-0.39, 0.29) is 36.9 Å². The average Bonchev–Trinajstić information content (AvgIpc) is 0.848. The lowest BCUT2D eigenvalue weighted by atomic mass is 9.84. The molecule has 0 amide bonds. The summed E-state index contributed by atoms with van der Waals surface area (Å²) in [4.78, 5) is 0. The summed E-state index contributed by atoms with van der Waals surface area (Å²) in [6.07, 6.45) is 36.0. The third-order valence-corrected chi connectivity index (χ3v) is 22.7. The Bertz CT molecular complexity index is 3690. The van der Waals surface area contributed by atoms with Crippen LogP contribution in [0, 0.1) is 23.2 Å². The smallest absolute Gasteiger partial charge is 0.226 e. The molecule has 4 aliphatic carbocycles. The van der Waals surface area contributed by atoms with E-state index in [0.29, 0.717) is 19.8 Å². The summed E-state index contributed by atoms with van der Waals surface area (Å²) in [5.74, 6) is 8.55. The second-order valence-electron chi connectivity index (χ2n) is 32.9. The molecule has 11 nitrogen and oxygen atoms in total. The summed E-state index contributed by atoms with van der Waals surface area (Å²) in [6.45, 7) is 27.2. The van der Waals surface area contributed by atoms with Gasteiger partial charge in [-0.1, -0.05) is 304 Å². The van der Waals surface area contributed by atoms with Crippen molar-refractivity contribution >= 4 is 0 Å². The first-order chi connectivity index (χ1) is 56.1. The van der Waals surface area contributed by atoms with Crippen LogP contribution in [0.1, 0.15) is 281 Å². The van der Waals surface area contributed by atoms with Crippen molar-refractivity contribution in [3.63, 3.8) is 0 Å². The molecular formula is C104H146O11. The minimum Gasteiger partial charge on any atom is -0.491 e. The highest BCUT2D eigenvalue weighted by atomic mass is 16.7. The Morgan fingerprint density at radius 1 is 0.287 bits per heavy atom. The zero-order valence-electron chi connectivity index (χ0n) is 72.6. The molecule has 628 valence electrons. The molecule has 11 heteroatoms. The van der Waals surface area contributed by atoms with Crippen LogP contribution < -0.4 is 28.4 Å². The molecule has 5 unspecified atom stereocenters. The van der Waals surface area contributed by atoms with Gasteiger partial charge in [0.25, 0.3) is 0 Å². The van der Waals surface area contributed by atoms with Crippen LogP contribution in [0.15, 0.2) is 206 Å². The van der Waals surface area contributed by atoms with Gasteiger partial charge >= 0.3 is 0 Å². The lowest BCUT2D eigenvalue weighted by Crippen LogP contribution is -2.35. The molecule has 115 heavy (non-hydrogen) atoms. The quantitative estimate of drug-likeness (QED) is 0.0273. The molecule has 5 atom stereocenters. The summed E-state index contributed by atoms with van der Waals surface area (Å²) in [7, 11) is 0.